The van der Waals surface area contributed by atoms with Crippen LogP contribution < -0.4 is 16.0 Å². The number of amides is 1. The third-order valence-corrected chi connectivity index (χ3v) is 2.77. The van der Waals surface area contributed by atoms with Gasteiger partial charge < -0.3 is 9.26 Å². The number of carbonyl (C=O) groups excluding carboxylic acids is 1. The Morgan fingerprint density at radius 3 is 2.80 bits per heavy atom. The van der Waals surface area contributed by atoms with E-state index in [1.807, 2.05) is 29.7 Å². The Bertz CT molecular complexity index is 563. The molecule has 6 heteroatoms. The second-order valence-corrected chi connectivity index (χ2v) is 4.33. The van der Waals surface area contributed by atoms with Gasteiger partial charge in [-0.2, -0.15) is 0 Å². The monoisotopic (exact) mass is 275 g/mol. The number of nitrogens with one attached hydrogen (secondary N) is 1. The molecule has 0 aliphatic heterocycles. The van der Waals surface area contributed by atoms with Crippen molar-refractivity contribution < 1.29 is 14.1 Å². The van der Waals surface area contributed by atoms with Crippen molar-refractivity contribution in [2.45, 2.75) is 26.4 Å². The molecule has 0 radical (unpaired) electrons. The lowest BCUT2D eigenvalue weighted by Gasteiger charge is -2.04. The van der Waals surface area contributed by atoms with Gasteiger partial charge in [0.1, 0.15) is 12.4 Å². The molecule has 20 heavy (non-hydrogen) atoms. The molecule has 2 aromatic rings. The number of nitrogens with zero attached hydrogens (tertiary/aromatic N) is 1. The maximum absolute atomic E-state index is 11.2. The number of aromatic nitrogens is 1. The number of hydrogen-bond donors (Lipinski definition) is 2. The van der Waals surface area contributed by atoms with Crippen LogP contribution in [0.2, 0.25) is 0 Å². The molecule has 0 aliphatic carbocycles. The van der Waals surface area contributed by atoms with E-state index in [2.05, 4.69) is 12.1 Å². The first kappa shape index (κ1) is 14.1. The highest BCUT2D eigenvalue weighted by atomic mass is 16.5. The molecule has 1 aromatic heterocycles. The molecule has 0 unspecified atom stereocenters. The van der Waals surface area contributed by atoms with Crippen molar-refractivity contribution >= 4 is 5.91 Å². The summed E-state index contributed by atoms with van der Waals surface area (Å²) in [6, 6.07) is 9.39. The van der Waals surface area contributed by atoms with E-state index in [4.69, 9.17) is 15.1 Å². The number of nitrogen functional groups attached to an aromatic ring is 1. The zero-order valence-corrected chi connectivity index (χ0v) is 11.3. The van der Waals surface area contributed by atoms with Crippen LogP contribution >= 0.6 is 0 Å². The Morgan fingerprint density at radius 2 is 2.15 bits per heavy atom. The minimum atomic E-state index is -0.496. The van der Waals surface area contributed by atoms with Crippen LogP contribution in [0, 0.1) is 0 Å². The number of aryl methyl sites for hydroxylation is 1. The van der Waals surface area contributed by atoms with Crippen molar-refractivity contribution in [3.05, 3.63) is 47.3 Å². The maximum atomic E-state index is 11.2. The number of benzene rings is 1. The average Bonchev–Trinajstić information content (AvgIpc) is 2.95. The fraction of sp³-hybridized carbons (Fsp3) is 0.286. The predicted molar refractivity (Wildman–Crippen MR) is 72.9 cm³/mol. The third kappa shape index (κ3) is 3.58. The molecular weight excluding hydrogens is 258 g/mol. The van der Waals surface area contributed by atoms with Gasteiger partial charge in [0.2, 0.25) is 0 Å². The fourth-order valence-corrected chi connectivity index (χ4v) is 1.76. The number of rotatable bonds is 6. The van der Waals surface area contributed by atoms with E-state index in [0.29, 0.717) is 5.76 Å². The standard InChI is InChI=1S/C14H17N3O3/c1-2-3-10-4-6-11(7-5-10)19-9-12-8-13(17-20-12)14(18)16-15/h4-8H,2-3,9,15H2,1H3,(H,16,18). The zero-order valence-electron chi connectivity index (χ0n) is 11.3. The minimum Gasteiger partial charge on any atom is -0.486 e. The Morgan fingerprint density at radius 1 is 1.40 bits per heavy atom. The number of ether oxygens (including phenoxy) is 1. The van der Waals surface area contributed by atoms with E-state index in [0.717, 1.165) is 18.6 Å². The maximum Gasteiger partial charge on any atom is 0.287 e. The Kier molecular flexibility index (Phi) is 4.73. The van der Waals surface area contributed by atoms with Crippen LogP contribution in [0.3, 0.4) is 0 Å². The lowest BCUT2D eigenvalue weighted by Crippen LogP contribution is -2.30. The van der Waals surface area contributed by atoms with E-state index < -0.39 is 5.91 Å². The Balaban J connectivity index is 1.91. The van der Waals surface area contributed by atoms with Gasteiger partial charge in [-0.15, -0.1) is 0 Å². The average molecular weight is 275 g/mol. The molecule has 0 atom stereocenters. The molecule has 0 bridgehead atoms. The molecule has 1 heterocycles. The first-order valence-corrected chi connectivity index (χ1v) is 6.41. The summed E-state index contributed by atoms with van der Waals surface area (Å²) in [7, 11) is 0. The van der Waals surface area contributed by atoms with Crippen LogP contribution in [0.15, 0.2) is 34.9 Å². The van der Waals surface area contributed by atoms with Crippen LogP contribution in [-0.4, -0.2) is 11.1 Å². The highest BCUT2D eigenvalue weighted by Gasteiger charge is 2.11. The first-order valence-electron chi connectivity index (χ1n) is 6.41. The number of nitrogens with two attached hydrogens (primary N) is 1. The molecule has 3 N–H and O–H groups in total. The molecule has 0 spiro atoms. The molecule has 0 saturated carbocycles. The third-order valence-electron chi connectivity index (χ3n) is 2.77. The van der Waals surface area contributed by atoms with Crippen LogP contribution in [0.4, 0.5) is 0 Å². The van der Waals surface area contributed by atoms with Gasteiger partial charge in [0.05, 0.1) is 0 Å². The minimum absolute atomic E-state index is 0.129. The van der Waals surface area contributed by atoms with Gasteiger partial charge in [-0.1, -0.05) is 30.6 Å². The second-order valence-electron chi connectivity index (χ2n) is 4.33. The summed E-state index contributed by atoms with van der Waals surface area (Å²) >= 11 is 0. The highest BCUT2D eigenvalue weighted by Crippen LogP contribution is 2.15. The number of hydrazine groups is 1. The van der Waals surface area contributed by atoms with Gasteiger partial charge >= 0.3 is 0 Å². The van der Waals surface area contributed by atoms with Crippen molar-refractivity contribution in [2.24, 2.45) is 5.84 Å². The van der Waals surface area contributed by atoms with Crippen molar-refractivity contribution in [3.63, 3.8) is 0 Å². The molecular formula is C14H17N3O3. The van der Waals surface area contributed by atoms with E-state index in [-0.39, 0.29) is 12.3 Å². The zero-order chi connectivity index (χ0) is 14.4. The Labute approximate surface area is 116 Å². The summed E-state index contributed by atoms with van der Waals surface area (Å²) < 4.78 is 10.5. The van der Waals surface area contributed by atoms with Crippen LogP contribution in [0.1, 0.15) is 35.2 Å². The molecule has 6 nitrogen and oxygen atoms in total. The second kappa shape index (κ2) is 6.72. The topological polar surface area (TPSA) is 90.4 Å². The number of hydrogen-bond acceptors (Lipinski definition) is 5. The van der Waals surface area contributed by atoms with E-state index >= 15 is 0 Å². The van der Waals surface area contributed by atoms with E-state index in [9.17, 15) is 4.79 Å². The van der Waals surface area contributed by atoms with Gasteiger partial charge in [0.15, 0.2) is 11.5 Å². The van der Waals surface area contributed by atoms with E-state index in [1.54, 1.807) is 0 Å². The summed E-state index contributed by atoms with van der Waals surface area (Å²) in [6.45, 7) is 2.35. The van der Waals surface area contributed by atoms with Crippen LogP contribution in [0.5, 0.6) is 5.75 Å². The largest absolute Gasteiger partial charge is 0.486 e. The van der Waals surface area contributed by atoms with Gasteiger partial charge in [-0.05, 0) is 24.1 Å². The highest BCUT2D eigenvalue weighted by molar-refractivity contribution is 5.91. The normalized spacial score (nSPS) is 10.3. The first-order chi connectivity index (χ1) is 9.72. The smallest absolute Gasteiger partial charge is 0.287 e. The lowest BCUT2D eigenvalue weighted by molar-refractivity contribution is 0.0944. The summed E-state index contributed by atoms with van der Waals surface area (Å²) in [5.74, 6) is 5.71. The molecule has 1 aromatic carbocycles. The van der Waals surface area contributed by atoms with Gasteiger partial charge in [-0.3, -0.25) is 10.2 Å². The molecule has 0 aliphatic rings. The molecule has 2 rings (SSSR count). The predicted octanol–water partition coefficient (Wildman–Crippen LogP) is 1.81. The van der Waals surface area contributed by atoms with Crippen LogP contribution in [0.25, 0.3) is 0 Å². The van der Waals surface area contributed by atoms with Gasteiger partial charge in [0.25, 0.3) is 5.91 Å². The molecule has 1 amide bonds. The van der Waals surface area contributed by atoms with Crippen molar-refractivity contribution in [2.75, 3.05) is 0 Å². The number of carbonyl (C=O) groups is 1. The Hall–Kier alpha value is -2.34. The quantitative estimate of drug-likeness (QED) is 0.476. The van der Waals surface area contributed by atoms with Gasteiger partial charge in [-0.25, -0.2) is 5.84 Å². The summed E-state index contributed by atoms with van der Waals surface area (Å²) in [5, 5.41) is 3.59. The summed E-state index contributed by atoms with van der Waals surface area (Å²) in [4.78, 5) is 11.2. The fourth-order valence-electron chi connectivity index (χ4n) is 1.76. The van der Waals surface area contributed by atoms with E-state index in [1.165, 1.54) is 11.6 Å². The molecule has 0 fully saturated rings. The van der Waals surface area contributed by atoms with Crippen molar-refractivity contribution in [1.29, 1.82) is 0 Å². The van der Waals surface area contributed by atoms with Crippen molar-refractivity contribution in [1.82, 2.24) is 10.6 Å². The molecule has 106 valence electrons. The lowest BCUT2D eigenvalue weighted by atomic mass is 10.1. The van der Waals surface area contributed by atoms with Crippen molar-refractivity contribution in [3.8, 4) is 5.75 Å². The van der Waals surface area contributed by atoms with Gasteiger partial charge in [0, 0.05) is 6.07 Å². The summed E-state index contributed by atoms with van der Waals surface area (Å²) in [5.41, 5.74) is 3.39. The summed E-state index contributed by atoms with van der Waals surface area (Å²) in [6.07, 6.45) is 2.17. The SMILES string of the molecule is CCCc1ccc(OCc2cc(C(=O)NN)no2)cc1. The molecule has 0 saturated heterocycles. The van der Waals surface area contributed by atoms with Crippen LogP contribution in [-0.2, 0) is 13.0 Å².